The van der Waals surface area contributed by atoms with Gasteiger partial charge in [-0.15, -0.1) is 0 Å². The van der Waals surface area contributed by atoms with Crippen molar-refractivity contribution >= 4 is 11.3 Å². The predicted molar refractivity (Wildman–Crippen MR) is 77.1 cm³/mol. The zero-order chi connectivity index (χ0) is 12.8. The first-order chi connectivity index (χ1) is 8.83. The van der Waals surface area contributed by atoms with Gasteiger partial charge in [0.1, 0.15) is 11.5 Å². The summed E-state index contributed by atoms with van der Waals surface area (Å²) in [6.45, 7) is 5.23. The zero-order valence-electron chi connectivity index (χ0n) is 11.1. The quantitative estimate of drug-likeness (QED) is 0.810. The van der Waals surface area contributed by atoms with Crippen molar-refractivity contribution in [2.75, 3.05) is 6.54 Å². The van der Waals surface area contributed by atoms with Crippen LogP contribution in [0, 0.1) is 0 Å². The van der Waals surface area contributed by atoms with Gasteiger partial charge in [0.2, 0.25) is 0 Å². The minimum absolute atomic E-state index is 0.329. The maximum Gasteiger partial charge on any atom is 0.121 e. The molecule has 2 nitrogen and oxygen atoms in total. The third-order valence-electron chi connectivity index (χ3n) is 3.13. The highest BCUT2D eigenvalue weighted by Gasteiger charge is 2.14. The van der Waals surface area contributed by atoms with Gasteiger partial charge in [0, 0.05) is 6.42 Å². The van der Waals surface area contributed by atoms with Gasteiger partial charge in [0.05, 0.1) is 6.04 Å². The highest BCUT2D eigenvalue weighted by molar-refractivity contribution is 7.07. The Balaban J connectivity index is 1.98. The smallest absolute Gasteiger partial charge is 0.121 e. The second-order valence-corrected chi connectivity index (χ2v) is 5.22. The largest absolute Gasteiger partial charge is 0.464 e. The summed E-state index contributed by atoms with van der Waals surface area (Å²) in [7, 11) is 0. The molecule has 0 fully saturated rings. The Labute approximate surface area is 113 Å². The first-order valence-electron chi connectivity index (χ1n) is 6.66. The second-order valence-electron chi connectivity index (χ2n) is 4.44. The highest BCUT2D eigenvalue weighted by atomic mass is 32.1. The lowest BCUT2D eigenvalue weighted by Crippen LogP contribution is -2.21. The van der Waals surface area contributed by atoms with Gasteiger partial charge in [-0.05, 0) is 53.9 Å². The molecular formula is C15H21NOS. The van der Waals surface area contributed by atoms with Crippen molar-refractivity contribution in [3.63, 3.8) is 0 Å². The van der Waals surface area contributed by atoms with E-state index in [0.29, 0.717) is 6.04 Å². The van der Waals surface area contributed by atoms with Crippen molar-refractivity contribution in [1.29, 1.82) is 0 Å². The van der Waals surface area contributed by atoms with Crippen LogP contribution < -0.4 is 5.32 Å². The van der Waals surface area contributed by atoms with Gasteiger partial charge in [-0.1, -0.05) is 13.8 Å². The monoisotopic (exact) mass is 263 g/mol. The third kappa shape index (κ3) is 3.47. The lowest BCUT2D eigenvalue weighted by atomic mass is 10.1. The molecule has 1 N–H and O–H groups in total. The van der Waals surface area contributed by atoms with Crippen LogP contribution in [0.3, 0.4) is 0 Å². The van der Waals surface area contributed by atoms with Gasteiger partial charge in [0.25, 0.3) is 0 Å². The summed E-state index contributed by atoms with van der Waals surface area (Å²) in [4.78, 5) is 0. The Hall–Kier alpha value is -1.06. The summed E-state index contributed by atoms with van der Waals surface area (Å²) in [5, 5.41) is 7.87. The molecule has 0 saturated heterocycles. The van der Waals surface area contributed by atoms with E-state index in [9.17, 15) is 0 Å². The van der Waals surface area contributed by atoms with Crippen LogP contribution >= 0.6 is 11.3 Å². The molecule has 0 aliphatic carbocycles. The van der Waals surface area contributed by atoms with Crippen LogP contribution in [0.25, 0.3) is 0 Å². The van der Waals surface area contributed by atoms with E-state index in [1.807, 2.05) is 0 Å². The van der Waals surface area contributed by atoms with Crippen molar-refractivity contribution < 1.29 is 4.42 Å². The molecule has 18 heavy (non-hydrogen) atoms. The average Bonchev–Trinajstić information content (AvgIpc) is 3.05. The molecule has 0 aromatic carbocycles. The molecule has 0 amide bonds. The number of rotatable bonds is 7. The highest BCUT2D eigenvalue weighted by Crippen LogP contribution is 2.22. The van der Waals surface area contributed by atoms with Crippen LogP contribution in [-0.4, -0.2) is 6.54 Å². The molecule has 0 saturated carbocycles. The molecule has 0 spiro atoms. The Morgan fingerprint density at radius 2 is 2.17 bits per heavy atom. The number of nitrogens with one attached hydrogen (secondary N) is 1. The van der Waals surface area contributed by atoms with E-state index in [1.54, 1.807) is 11.3 Å². The van der Waals surface area contributed by atoms with Crippen LogP contribution in [0.2, 0.25) is 0 Å². The van der Waals surface area contributed by atoms with Gasteiger partial charge < -0.3 is 9.73 Å². The number of aryl methyl sites for hydroxylation is 2. The van der Waals surface area contributed by atoms with E-state index in [0.717, 1.165) is 37.3 Å². The summed E-state index contributed by atoms with van der Waals surface area (Å²) in [5.74, 6) is 2.15. The second kappa shape index (κ2) is 6.76. The Kier molecular flexibility index (Phi) is 5.02. The van der Waals surface area contributed by atoms with E-state index < -0.39 is 0 Å². The number of furan rings is 1. The Bertz CT molecular complexity index is 447. The van der Waals surface area contributed by atoms with Crippen molar-refractivity contribution in [3.05, 3.63) is 46.0 Å². The van der Waals surface area contributed by atoms with Crippen LogP contribution in [0.15, 0.2) is 33.4 Å². The average molecular weight is 263 g/mol. The van der Waals surface area contributed by atoms with Crippen molar-refractivity contribution in [2.24, 2.45) is 0 Å². The van der Waals surface area contributed by atoms with Crippen LogP contribution in [0.4, 0.5) is 0 Å². The predicted octanol–water partition coefficient (Wildman–Crippen LogP) is 4.19. The van der Waals surface area contributed by atoms with Gasteiger partial charge in [-0.2, -0.15) is 11.3 Å². The molecule has 1 unspecified atom stereocenters. The first-order valence-corrected chi connectivity index (χ1v) is 7.60. The molecular weight excluding hydrogens is 242 g/mol. The SMILES string of the molecule is CCNC(CCc1ccsc1)c1ccc(CC)o1. The molecule has 2 rings (SSSR count). The summed E-state index contributed by atoms with van der Waals surface area (Å²) >= 11 is 1.76. The molecule has 0 aliphatic rings. The lowest BCUT2D eigenvalue weighted by Gasteiger charge is -2.15. The lowest BCUT2D eigenvalue weighted by molar-refractivity contribution is 0.385. The number of hydrogen-bond acceptors (Lipinski definition) is 3. The van der Waals surface area contributed by atoms with Gasteiger partial charge in [0.15, 0.2) is 0 Å². The van der Waals surface area contributed by atoms with E-state index in [1.165, 1.54) is 5.56 Å². The van der Waals surface area contributed by atoms with E-state index >= 15 is 0 Å². The minimum atomic E-state index is 0.329. The topological polar surface area (TPSA) is 25.2 Å². The van der Waals surface area contributed by atoms with Gasteiger partial charge >= 0.3 is 0 Å². The van der Waals surface area contributed by atoms with Crippen molar-refractivity contribution in [3.8, 4) is 0 Å². The summed E-state index contributed by atoms with van der Waals surface area (Å²) in [6, 6.07) is 6.73. The molecule has 2 aromatic heterocycles. The number of thiophene rings is 1. The van der Waals surface area contributed by atoms with Crippen molar-refractivity contribution in [1.82, 2.24) is 5.32 Å². The molecule has 0 radical (unpaired) electrons. The number of hydrogen-bond donors (Lipinski definition) is 1. The molecule has 3 heteroatoms. The fraction of sp³-hybridized carbons (Fsp3) is 0.467. The Morgan fingerprint density at radius 3 is 2.78 bits per heavy atom. The van der Waals surface area contributed by atoms with E-state index in [4.69, 9.17) is 4.42 Å². The first kappa shape index (κ1) is 13.4. The molecule has 2 aromatic rings. The normalized spacial score (nSPS) is 12.8. The van der Waals surface area contributed by atoms with Crippen LogP contribution in [0.5, 0.6) is 0 Å². The summed E-state index contributed by atoms with van der Waals surface area (Å²) < 4.78 is 5.86. The molecule has 0 aliphatic heterocycles. The maximum atomic E-state index is 5.86. The van der Waals surface area contributed by atoms with E-state index in [-0.39, 0.29) is 0 Å². The standard InChI is InChI=1S/C15H21NOS/c1-3-13-6-8-15(17-13)14(16-4-2)7-5-12-9-10-18-11-12/h6,8-11,14,16H,3-5,7H2,1-2H3. The van der Waals surface area contributed by atoms with Gasteiger partial charge in [-0.3, -0.25) is 0 Å². The third-order valence-corrected chi connectivity index (χ3v) is 3.86. The zero-order valence-corrected chi connectivity index (χ0v) is 11.9. The summed E-state index contributed by atoms with van der Waals surface area (Å²) in [5.41, 5.74) is 1.42. The fourth-order valence-electron chi connectivity index (χ4n) is 2.11. The van der Waals surface area contributed by atoms with Crippen molar-refractivity contribution in [2.45, 2.75) is 39.2 Å². The van der Waals surface area contributed by atoms with Crippen LogP contribution in [-0.2, 0) is 12.8 Å². The Morgan fingerprint density at radius 1 is 1.28 bits per heavy atom. The fourth-order valence-corrected chi connectivity index (χ4v) is 2.81. The molecule has 1 atom stereocenters. The molecule has 98 valence electrons. The minimum Gasteiger partial charge on any atom is -0.464 e. The maximum absolute atomic E-state index is 5.86. The van der Waals surface area contributed by atoms with E-state index in [2.05, 4.69) is 48.1 Å². The van der Waals surface area contributed by atoms with Gasteiger partial charge in [-0.25, -0.2) is 0 Å². The molecule has 2 heterocycles. The van der Waals surface area contributed by atoms with Crippen LogP contribution in [0.1, 0.15) is 43.4 Å². The summed E-state index contributed by atoms with van der Waals surface area (Å²) in [6.07, 6.45) is 3.15. The molecule has 0 bridgehead atoms.